The Morgan fingerprint density at radius 1 is 1.23 bits per heavy atom. The minimum Gasteiger partial charge on any atom is -0.396 e. The molecule has 1 unspecified atom stereocenters. The highest BCUT2D eigenvalue weighted by atomic mass is 16.3. The maximum absolute atomic E-state index is 12.7. The van der Waals surface area contributed by atoms with Crippen LogP contribution in [0, 0.1) is 12.8 Å². The number of benzene rings is 2. The molecule has 4 nitrogen and oxygen atoms in total. The molecular formula is C22H28N2O2. The molecule has 4 heteroatoms. The molecule has 1 saturated heterocycles. The van der Waals surface area contributed by atoms with Gasteiger partial charge in [-0.1, -0.05) is 48.0 Å². The number of likely N-dealkylation sites (tertiary alicyclic amines) is 1. The average Bonchev–Trinajstić information content (AvgIpc) is 2.68. The van der Waals surface area contributed by atoms with E-state index in [1.807, 2.05) is 36.4 Å². The van der Waals surface area contributed by atoms with E-state index < -0.39 is 0 Å². The van der Waals surface area contributed by atoms with Crippen molar-refractivity contribution in [2.75, 3.05) is 32.8 Å². The van der Waals surface area contributed by atoms with Crippen LogP contribution in [0.2, 0.25) is 0 Å². The lowest BCUT2D eigenvalue weighted by molar-refractivity contribution is 0.0931. The van der Waals surface area contributed by atoms with Crippen LogP contribution in [0.15, 0.2) is 48.5 Å². The molecule has 1 aliphatic heterocycles. The predicted octanol–water partition coefficient (Wildman–Crippen LogP) is 3.10. The summed E-state index contributed by atoms with van der Waals surface area (Å²) in [5, 5.41) is 12.4. The van der Waals surface area contributed by atoms with Crippen LogP contribution in [0.5, 0.6) is 0 Å². The second-order valence-electron chi connectivity index (χ2n) is 7.16. The monoisotopic (exact) mass is 352 g/mol. The molecular weight excluding hydrogens is 324 g/mol. The lowest BCUT2D eigenvalue weighted by atomic mass is 9.98. The highest BCUT2D eigenvalue weighted by molar-refractivity contribution is 6.00. The topological polar surface area (TPSA) is 52.6 Å². The van der Waals surface area contributed by atoms with Crippen molar-refractivity contribution in [3.8, 4) is 11.1 Å². The van der Waals surface area contributed by atoms with E-state index in [2.05, 4.69) is 29.3 Å². The van der Waals surface area contributed by atoms with E-state index in [9.17, 15) is 9.90 Å². The number of aryl methyl sites for hydroxylation is 1. The number of aliphatic hydroxyl groups is 1. The Bertz CT molecular complexity index is 744. The third-order valence-corrected chi connectivity index (χ3v) is 5.08. The zero-order valence-corrected chi connectivity index (χ0v) is 15.4. The first-order chi connectivity index (χ1) is 12.7. The maximum atomic E-state index is 12.7. The number of carbonyl (C=O) groups is 1. The predicted molar refractivity (Wildman–Crippen MR) is 105 cm³/mol. The molecule has 1 aliphatic rings. The molecule has 0 aromatic heterocycles. The summed E-state index contributed by atoms with van der Waals surface area (Å²) in [5.41, 5.74) is 3.93. The summed E-state index contributed by atoms with van der Waals surface area (Å²) in [6.45, 7) is 5.74. The van der Waals surface area contributed by atoms with Gasteiger partial charge in [-0.25, -0.2) is 0 Å². The van der Waals surface area contributed by atoms with Crippen molar-refractivity contribution in [1.29, 1.82) is 0 Å². The highest BCUT2D eigenvalue weighted by Crippen LogP contribution is 2.24. The summed E-state index contributed by atoms with van der Waals surface area (Å²) in [6.07, 6.45) is 2.22. The van der Waals surface area contributed by atoms with Crippen molar-refractivity contribution in [3.05, 3.63) is 59.7 Å². The molecule has 1 amide bonds. The van der Waals surface area contributed by atoms with Crippen LogP contribution in [0.25, 0.3) is 11.1 Å². The number of piperidine rings is 1. The van der Waals surface area contributed by atoms with E-state index in [4.69, 9.17) is 0 Å². The molecule has 2 aromatic rings. The normalized spacial score (nSPS) is 17.8. The number of carbonyl (C=O) groups excluding carboxylic acids is 1. The first-order valence-electron chi connectivity index (χ1n) is 9.45. The van der Waals surface area contributed by atoms with Crippen molar-refractivity contribution in [2.24, 2.45) is 5.92 Å². The Morgan fingerprint density at radius 3 is 2.88 bits per heavy atom. The van der Waals surface area contributed by atoms with Crippen LogP contribution >= 0.6 is 0 Å². The van der Waals surface area contributed by atoms with E-state index in [0.29, 0.717) is 18.0 Å². The van der Waals surface area contributed by atoms with E-state index in [1.54, 1.807) is 0 Å². The van der Waals surface area contributed by atoms with E-state index in [1.165, 1.54) is 5.56 Å². The molecule has 1 heterocycles. The van der Waals surface area contributed by atoms with Gasteiger partial charge in [0.15, 0.2) is 0 Å². The van der Waals surface area contributed by atoms with Gasteiger partial charge in [0.1, 0.15) is 0 Å². The number of nitrogens with zero attached hydrogens (tertiary/aromatic N) is 1. The summed E-state index contributed by atoms with van der Waals surface area (Å²) < 4.78 is 0. The molecule has 138 valence electrons. The molecule has 0 bridgehead atoms. The molecule has 0 saturated carbocycles. The minimum absolute atomic E-state index is 0.0298. The van der Waals surface area contributed by atoms with Gasteiger partial charge in [-0.3, -0.25) is 4.79 Å². The lowest BCUT2D eigenvalue weighted by Gasteiger charge is -2.31. The quantitative estimate of drug-likeness (QED) is 0.840. The molecule has 3 rings (SSSR count). The number of hydrogen-bond acceptors (Lipinski definition) is 3. The van der Waals surface area contributed by atoms with Gasteiger partial charge in [-0.2, -0.15) is 0 Å². The summed E-state index contributed by atoms with van der Waals surface area (Å²) in [7, 11) is 0. The zero-order chi connectivity index (χ0) is 18.4. The van der Waals surface area contributed by atoms with Crippen molar-refractivity contribution < 1.29 is 9.90 Å². The number of amides is 1. The van der Waals surface area contributed by atoms with Gasteiger partial charge in [0, 0.05) is 31.8 Å². The molecule has 0 radical (unpaired) electrons. The summed E-state index contributed by atoms with van der Waals surface area (Å²) >= 11 is 0. The van der Waals surface area contributed by atoms with Gasteiger partial charge in [-0.05, 0) is 49.4 Å². The molecule has 0 aliphatic carbocycles. The Balaban J connectivity index is 1.62. The van der Waals surface area contributed by atoms with Crippen molar-refractivity contribution >= 4 is 5.91 Å². The second-order valence-corrected chi connectivity index (χ2v) is 7.16. The smallest absolute Gasteiger partial charge is 0.251 e. The molecule has 1 fully saturated rings. The fraction of sp³-hybridized carbons (Fsp3) is 0.409. The fourth-order valence-corrected chi connectivity index (χ4v) is 3.67. The Hall–Kier alpha value is -2.17. The van der Waals surface area contributed by atoms with Crippen molar-refractivity contribution in [2.45, 2.75) is 19.8 Å². The van der Waals surface area contributed by atoms with Gasteiger partial charge in [0.2, 0.25) is 0 Å². The third kappa shape index (κ3) is 4.71. The van der Waals surface area contributed by atoms with Crippen LogP contribution in [0.3, 0.4) is 0 Å². The highest BCUT2D eigenvalue weighted by Gasteiger charge is 2.19. The van der Waals surface area contributed by atoms with Gasteiger partial charge in [-0.15, -0.1) is 0 Å². The summed E-state index contributed by atoms with van der Waals surface area (Å²) in [4.78, 5) is 15.0. The lowest BCUT2D eigenvalue weighted by Crippen LogP contribution is -2.41. The molecule has 2 aromatic carbocycles. The van der Waals surface area contributed by atoms with Crippen LogP contribution < -0.4 is 5.32 Å². The summed E-state index contributed by atoms with van der Waals surface area (Å²) in [5.74, 6) is 0.347. The first kappa shape index (κ1) is 18.6. The number of aliphatic hydroxyl groups excluding tert-OH is 1. The largest absolute Gasteiger partial charge is 0.396 e. The van der Waals surface area contributed by atoms with Gasteiger partial charge >= 0.3 is 0 Å². The van der Waals surface area contributed by atoms with Gasteiger partial charge < -0.3 is 15.3 Å². The second kappa shape index (κ2) is 8.97. The van der Waals surface area contributed by atoms with E-state index in [-0.39, 0.29) is 12.5 Å². The van der Waals surface area contributed by atoms with Crippen LogP contribution in [0.4, 0.5) is 0 Å². The van der Waals surface area contributed by atoms with Gasteiger partial charge in [0.05, 0.1) is 0 Å². The van der Waals surface area contributed by atoms with E-state index >= 15 is 0 Å². The van der Waals surface area contributed by atoms with Crippen molar-refractivity contribution in [1.82, 2.24) is 10.2 Å². The Kier molecular flexibility index (Phi) is 6.42. The Morgan fingerprint density at radius 2 is 2.08 bits per heavy atom. The van der Waals surface area contributed by atoms with Crippen molar-refractivity contribution in [3.63, 3.8) is 0 Å². The third-order valence-electron chi connectivity index (χ3n) is 5.08. The molecule has 2 N–H and O–H groups in total. The molecule has 0 spiro atoms. The fourth-order valence-electron chi connectivity index (χ4n) is 3.67. The minimum atomic E-state index is -0.0298. The van der Waals surface area contributed by atoms with Crippen LogP contribution in [0.1, 0.15) is 28.8 Å². The van der Waals surface area contributed by atoms with Crippen LogP contribution in [-0.2, 0) is 0 Å². The Labute approximate surface area is 155 Å². The number of nitrogens with one attached hydrogen (secondary N) is 1. The van der Waals surface area contributed by atoms with E-state index in [0.717, 1.165) is 43.6 Å². The zero-order valence-electron chi connectivity index (χ0n) is 15.4. The summed E-state index contributed by atoms with van der Waals surface area (Å²) in [6, 6.07) is 16.0. The SMILES string of the molecule is Cc1cccc(-c2ccccc2C(=O)NCCN2CCCC(CO)C2)c1. The number of rotatable bonds is 6. The van der Waals surface area contributed by atoms with Crippen LogP contribution in [-0.4, -0.2) is 48.7 Å². The molecule has 1 atom stereocenters. The number of hydrogen-bond donors (Lipinski definition) is 2. The average molecular weight is 352 g/mol. The maximum Gasteiger partial charge on any atom is 0.251 e. The standard InChI is InChI=1S/C22H28N2O2/c1-17-6-4-8-19(14-17)20-9-2-3-10-21(20)22(26)23-11-13-24-12-5-7-18(15-24)16-25/h2-4,6,8-10,14,18,25H,5,7,11-13,15-16H2,1H3,(H,23,26). The molecule has 26 heavy (non-hydrogen) atoms. The van der Waals surface area contributed by atoms with Gasteiger partial charge in [0.25, 0.3) is 5.91 Å². The first-order valence-corrected chi connectivity index (χ1v) is 9.45.